The molecule has 0 spiro atoms. The number of halogens is 1. The number of aromatic nitrogens is 2. The summed E-state index contributed by atoms with van der Waals surface area (Å²) in [4.78, 5) is 16.7. The van der Waals surface area contributed by atoms with Gasteiger partial charge in [-0.2, -0.15) is 0 Å². The van der Waals surface area contributed by atoms with Crippen molar-refractivity contribution in [2.75, 3.05) is 0 Å². The van der Waals surface area contributed by atoms with Gasteiger partial charge < -0.3 is 4.98 Å². The minimum Gasteiger partial charge on any atom is -0.336 e. The van der Waals surface area contributed by atoms with Crippen LogP contribution in [0.3, 0.4) is 0 Å². The van der Waals surface area contributed by atoms with E-state index in [0.29, 0.717) is 11.8 Å². The summed E-state index contributed by atoms with van der Waals surface area (Å²) in [7, 11) is 0. The Labute approximate surface area is 67.2 Å². The average molecular weight is 164 g/mol. The number of rotatable bonds is 1. The first-order chi connectivity index (χ1) is 5.81. The number of para-hydroxylation sites is 1. The van der Waals surface area contributed by atoms with Crippen LogP contribution in [0, 0.1) is 5.82 Å². The maximum absolute atomic E-state index is 12.9. The first-order valence-electron chi connectivity index (χ1n) is 3.40. The molecule has 0 aliphatic carbocycles. The maximum atomic E-state index is 12.9. The molecule has 1 N–H and O–H groups in total. The van der Waals surface area contributed by atoms with E-state index < -0.39 is 5.82 Å². The molecule has 1 aromatic carbocycles. The summed E-state index contributed by atoms with van der Waals surface area (Å²) in [5, 5.41) is 0. The molecule has 1 aromatic heterocycles. The largest absolute Gasteiger partial charge is 0.336 e. The molecule has 0 radical (unpaired) electrons. The number of aromatic amines is 1. The second-order valence-corrected chi connectivity index (χ2v) is 2.38. The minimum atomic E-state index is -0.420. The monoisotopic (exact) mass is 164 g/mol. The van der Waals surface area contributed by atoms with Gasteiger partial charge in [0.25, 0.3) is 0 Å². The van der Waals surface area contributed by atoms with Crippen LogP contribution in [-0.4, -0.2) is 16.3 Å². The second kappa shape index (κ2) is 2.41. The zero-order valence-electron chi connectivity index (χ0n) is 6.04. The van der Waals surface area contributed by atoms with Crippen LogP contribution in [0.15, 0.2) is 18.2 Å². The first kappa shape index (κ1) is 6.97. The highest BCUT2D eigenvalue weighted by atomic mass is 19.1. The summed E-state index contributed by atoms with van der Waals surface area (Å²) < 4.78 is 12.9. The van der Waals surface area contributed by atoms with Gasteiger partial charge in [-0.3, -0.25) is 4.79 Å². The predicted octanol–water partition coefficient (Wildman–Crippen LogP) is 1.51. The molecule has 4 heteroatoms. The van der Waals surface area contributed by atoms with Crippen LogP contribution >= 0.6 is 0 Å². The van der Waals surface area contributed by atoms with Crippen LogP contribution in [0.2, 0.25) is 0 Å². The number of carbonyl (C=O) groups is 1. The molecule has 0 bridgehead atoms. The summed E-state index contributed by atoms with van der Waals surface area (Å²) in [5.74, 6) is -0.271. The molecular weight excluding hydrogens is 159 g/mol. The van der Waals surface area contributed by atoms with Crippen LogP contribution in [-0.2, 0) is 0 Å². The Morgan fingerprint density at radius 1 is 1.50 bits per heavy atom. The van der Waals surface area contributed by atoms with Gasteiger partial charge in [0, 0.05) is 0 Å². The van der Waals surface area contributed by atoms with Crippen LogP contribution in [0.1, 0.15) is 10.6 Å². The Bertz CT molecular complexity index is 436. The molecule has 12 heavy (non-hydrogen) atoms. The van der Waals surface area contributed by atoms with Crippen molar-refractivity contribution < 1.29 is 9.18 Å². The Balaban J connectivity index is 2.82. The van der Waals surface area contributed by atoms with Gasteiger partial charge in [0.05, 0.1) is 5.52 Å². The van der Waals surface area contributed by atoms with Crippen LogP contribution in [0.5, 0.6) is 0 Å². The third-order valence-electron chi connectivity index (χ3n) is 1.59. The number of hydrogen-bond acceptors (Lipinski definition) is 2. The fourth-order valence-electron chi connectivity index (χ4n) is 1.07. The van der Waals surface area contributed by atoms with E-state index in [1.165, 1.54) is 6.07 Å². The fourth-order valence-corrected chi connectivity index (χ4v) is 1.07. The Morgan fingerprint density at radius 3 is 3.00 bits per heavy atom. The Morgan fingerprint density at radius 2 is 2.33 bits per heavy atom. The number of fused-ring (bicyclic) bond motifs is 1. The zero-order chi connectivity index (χ0) is 8.55. The van der Waals surface area contributed by atoms with Crippen molar-refractivity contribution in [3.05, 3.63) is 29.8 Å². The lowest BCUT2D eigenvalue weighted by Crippen LogP contribution is -1.79. The van der Waals surface area contributed by atoms with Crippen LogP contribution in [0.4, 0.5) is 4.39 Å². The van der Waals surface area contributed by atoms with Gasteiger partial charge in [0.2, 0.25) is 0 Å². The number of H-pyrrole nitrogens is 1. The Hall–Kier alpha value is -1.71. The topological polar surface area (TPSA) is 45.8 Å². The lowest BCUT2D eigenvalue weighted by molar-refractivity contribution is 0.111. The van der Waals surface area contributed by atoms with Crippen molar-refractivity contribution in [2.45, 2.75) is 0 Å². The molecule has 0 aliphatic heterocycles. The molecule has 2 rings (SSSR count). The van der Waals surface area contributed by atoms with Gasteiger partial charge in [0.15, 0.2) is 17.9 Å². The van der Waals surface area contributed by atoms with Crippen molar-refractivity contribution >= 4 is 17.3 Å². The Kier molecular flexibility index (Phi) is 1.40. The number of imidazole rings is 1. The van der Waals surface area contributed by atoms with E-state index in [0.717, 1.165) is 0 Å². The highest BCUT2D eigenvalue weighted by Gasteiger charge is 2.04. The van der Waals surface area contributed by atoms with Crippen LogP contribution < -0.4 is 0 Å². The van der Waals surface area contributed by atoms with E-state index in [1.807, 2.05) is 0 Å². The molecule has 0 saturated carbocycles. The summed E-state index contributed by atoms with van der Waals surface area (Å²) in [6, 6.07) is 4.53. The van der Waals surface area contributed by atoms with Crippen molar-refractivity contribution in [3.63, 3.8) is 0 Å². The molecular formula is C8H5FN2O. The number of nitrogens with one attached hydrogen (secondary N) is 1. The van der Waals surface area contributed by atoms with E-state index in [9.17, 15) is 9.18 Å². The number of carbonyl (C=O) groups excluding carboxylic acids is 1. The fraction of sp³-hybridized carbons (Fsp3) is 0. The van der Waals surface area contributed by atoms with Gasteiger partial charge in [-0.15, -0.1) is 0 Å². The molecule has 2 aromatic rings. The predicted molar refractivity (Wildman–Crippen MR) is 41.4 cm³/mol. The highest BCUT2D eigenvalue weighted by Crippen LogP contribution is 2.13. The third kappa shape index (κ3) is 0.887. The van der Waals surface area contributed by atoms with Gasteiger partial charge in [-0.25, -0.2) is 9.37 Å². The second-order valence-electron chi connectivity index (χ2n) is 2.38. The summed E-state index contributed by atoms with van der Waals surface area (Å²) in [6.45, 7) is 0. The quantitative estimate of drug-likeness (QED) is 0.649. The number of aldehydes is 1. The molecule has 0 saturated heterocycles. The van der Waals surface area contributed by atoms with Gasteiger partial charge >= 0.3 is 0 Å². The molecule has 0 amide bonds. The standard InChI is InChI=1S/C8H5FN2O/c9-5-2-1-3-6-8(5)11-7(4-12)10-6/h1-4H,(H,10,11). The summed E-state index contributed by atoms with van der Waals surface area (Å²) in [5.41, 5.74) is 0.747. The number of benzene rings is 1. The summed E-state index contributed by atoms with van der Waals surface area (Å²) >= 11 is 0. The maximum Gasteiger partial charge on any atom is 0.185 e. The highest BCUT2D eigenvalue weighted by molar-refractivity contribution is 5.82. The van der Waals surface area contributed by atoms with E-state index >= 15 is 0 Å². The normalized spacial score (nSPS) is 10.4. The molecule has 60 valence electrons. The lowest BCUT2D eigenvalue weighted by atomic mass is 10.3. The third-order valence-corrected chi connectivity index (χ3v) is 1.59. The van der Waals surface area contributed by atoms with Crippen LogP contribution in [0.25, 0.3) is 11.0 Å². The van der Waals surface area contributed by atoms with Crippen molar-refractivity contribution in [1.82, 2.24) is 9.97 Å². The molecule has 3 nitrogen and oxygen atoms in total. The lowest BCUT2D eigenvalue weighted by Gasteiger charge is -1.86. The van der Waals surface area contributed by atoms with Crippen molar-refractivity contribution in [2.24, 2.45) is 0 Å². The van der Waals surface area contributed by atoms with Gasteiger partial charge in [0.1, 0.15) is 5.52 Å². The molecule has 0 atom stereocenters. The zero-order valence-corrected chi connectivity index (χ0v) is 6.04. The summed E-state index contributed by atoms with van der Waals surface area (Å²) in [6.07, 6.45) is 0.555. The smallest absolute Gasteiger partial charge is 0.185 e. The first-order valence-corrected chi connectivity index (χ1v) is 3.40. The van der Waals surface area contributed by atoms with E-state index in [2.05, 4.69) is 9.97 Å². The van der Waals surface area contributed by atoms with Gasteiger partial charge in [-0.1, -0.05) is 6.07 Å². The number of hydrogen-bond donors (Lipinski definition) is 1. The van der Waals surface area contributed by atoms with Gasteiger partial charge in [-0.05, 0) is 12.1 Å². The molecule has 0 aliphatic rings. The van der Waals surface area contributed by atoms with E-state index in [-0.39, 0.29) is 11.3 Å². The minimum absolute atomic E-state index is 0.148. The molecule has 0 fully saturated rings. The van der Waals surface area contributed by atoms with E-state index in [1.54, 1.807) is 12.1 Å². The SMILES string of the molecule is O=Cc1nc2c(F)cccc2[nH]1. The number of nitrogens with zero attached hydrogens (tertiary/aromatic N) is 1. The molecule has 0 unspecified atom stereocenters. The molecule has 1 heterocycles. The van der Waals surface area contributed by atoms with E-state index in [4.69, 9.17) is 0 Å². The average Bonchev–Trinajstić information content (AvgIpc) is 2.49. The van der Waals surface area contributed by atoms with Crippen molar-refractivity contribution in [1.29, 1.82) is 0 Å². The van der Waals surface area contributed by atoms with Crippen molar-refractivity contribution in [3.8, 4) is 0 Å².